The summed E-state index contributed by atoms with van der Waals surface area (Å²) in [6, 6.07) is 7.67. The third-order valence-corrected chi connectivity index (χ3v) is 5.81. The minimum Gasteiger partial charge on any atom is -0.271 e. The Morgan fingerprint density at radius 3 is 2.47 bits per heavy atom. The van der Waals surface area contributed by atoms with Gasteiger partial charge in [0, 0.05) is 0 Å². The van der Waals surface area contributed by atoms with E-state index < -0.39 is 0 Å². The van der Waals surface area contributed by atoms with Gasteiger partial charge in [0.05, 0.1) is 23.7 Å². The summed E-state index contributed by atoms with van der Waals surface area (Å²) in [5.41, 5.74) is 5.03. The molecule has 2 nitrogen and oxygen atoms in total. The second-order valence-electron chi connectivity index (χ2n) is 3.95. The second kappa shape index (κ2) is 6.89. The van der Waals surface area contributed by atoms with E-state index in [9.17, 15) is 0 Å². The van der Waals surface area contributed by atoms with Crippen molar-refractivity contribution in [1.29, 1.82) is 0 Å². The van der Waals surface area contributed by atoms with E-state index in [0.717, 1.165) is 25.1 Å². The zero-order chi connectivity index (χ0) is 14.0. The molecule has 2 aromatic rings. The highest BCUT2D eigenvalue weighted by atomic mass is 79.9. The summed E-state index contributed by atoms with van der Waals surface area (Å²) < 4.78 is 2.12. The van der Waals surface area contributed by atoms with Gasteiger partial charge in [0.2, 0.25) is 0 Å². The van der Waals surface area contributed by atoms with E-state index in [1.807, 2.05) is 12.1 Å². The molecule has 0 bridgehead atoms. The molecule has 0 aliphatic carbocycles. The Hall–Kier alpha value is 0.380. The summed E-state index contributed by atoms with van der Waals surface area (Å²) in [4.78, 5) is 0. The molecule has 1 atom stereocenters. The predicted molar refractivity (Wildman–Crippen MR) is 89.9 cm³/mol. The molecule has 1 aromatic heterocycles. The fourth-order valence-electron chi connectivity index (χ4n) is 1.75. The van der Waals surface area contributed by atoms with E-state index in [4.69, 9.17) is 29.0 Å². The summed E-state index contributed by atoms with van der Waals surface area (Å²) in [6.07, 6.45) is 0.731. The van der Waals surface area contributed by atoms with Crippen molar-refractivity contribution in [2.75, 3.05) is 0 Å². The van der Waals surface area contributed by atoms with Gasteiger partial charge in [-0.25, -0.2) is 0 Å². The predicted octanol–water partition coefficient (Wildman–Crippen LogP) is 5.33. The maximum Gasteiger partial charge on any atom is 0.0758 e. The van der Waals surface area contributed by atoms with Gasteiger partial charge in [-0.2, -0.15) is 0 Å². The van der Waals surface area contributed by atoms with Gasteiger partial charge >= 0.3 is 0 Å². The molecular weight excluding hydrogens is 435 g/mol. The lowest BCUT2D eigenvalue weighted by Crippen LogP contribution is -2.29. The Bertz CT molecular complexity index is 589. The standard InChI is InChI=1S/C12H10Br2Cl2N2S/c13-11-5-7(12(14)19-11)10(18-17)4-6-1-2-8(15)9(16)3-6/h1-3,5,10,18H,4,17H2. The first kappa shape index (κ1) is 15.8. The number of benzene rings is 1. The Labute approximate surface area is 142 Å². The molecular formula is C12H10Br2Cl2N2S. The van der Waals surface area contributed by atoms with Crippen LogP contribution >= 0.6 is 66.4 Å². The Kier molecular flexibility index (Phi) is 5.72. The summed E-state index contributed by atoms with van der Waals surface area (Å²) in [5.74, 6) is 5.66. The zero-order valence-corrected chi connectivity index (χ0v) is 15.1. The topological polar surface area (TPSA) is 38.0 Å². The first-order valence-electron chi connectivity index (χ1n) is 5.36. The van der Waals surface area contributed by atoms with Crippen LogP contribution in [0.3, 0.4) is 0 Å². The van der Waals surface area contributed by atoms with E-state index in [1.165, 1.54) is 0 Å². The maximum atomic E-state index is 6.02. The van der Waals surface area contributed by atoms with Crippen molar-refractivity contribution in [3.05, 3.63) is 53.0 Å². The summed E-state index contributed by atoms with van der Waals surface area (Å²) in [6.45, 7) is 0. The smallest absolute Gasteiger partial charge is 0.0758 e. The van der Waals surface area contributed by atoms with Gasteiger partial charge < -0.3 is 0 Å². The van der Waals surface area contributed by atoms with Crippen LogP contribution in [-0.4, -0.2) is 0 Å². The van der Waals surface area contributed by atoms with Crippen molar-refractivity contribution in [3.8, 4) is 0 Å². The molecule has 0 saturated heterocycles. The molecule has 0 saturated carbocycles. The number of nitrogens with two attached hydrogens (primary N) is 1. The molecule has 0 amide bonds. The van der Waals surface area contributed by atoms with Crippen LogP contribution in [0.2, 0.25) is 10.0 Å². The molecule has 1 unspecified atom stereocenters. The van der Waals surface area contributed by atoms with E-state index in [-0.39, 0.29) is 6.04 Å². The summed E-state index contributed by atoms with van der Waals surface area (Å²) >= 11 is 20.6. The van der Waals surface area contributed by atoms with Crippen molar-refractivity contribution >= 4 is 66.4 Å². The molecule has 19 heavy (non-hydrogen) atoms. The fraction of sp³-hybridized carbons (Fsp3) is 0.167. The molecule has 0 aliphatic heterocycles. The number of nitrogens with one attached hydrogen (secondary N) is 1. The van der Waals surface area contributed by atoms with E-state index in [1.54, 1.807) is 17.4 Å². The molecule has 3 N–H and O–H groups in total. The van der Waals surface area contributed by atoms with Crippen LogP contribution in [0.4, 0.5) is 0 Å². The van der Waals surface area contributed by atoms with Crippen LogP contribution in [0.15, 0.2) is 31.8 Å². The van der Waals surface area contributed by atoms with Crippen LogP contribution in [0.1, 0.15) is 17.2 Å². The monoisotopic (exact) mass is 442 g/mol. The molecule has 0 aliphatic rings. The molecule has 0 fully saturated rings. The van der Waals surface area contributed by atoms with Crippen molar-refractivity contribution in [2.45, 2.75) is 12.5 Å². The van der Waals surface area contributed by atoms with Crippen LogP contribution in [0.5, 0.6) is 0 Å². The summed E-state index contributed by atoms with van der Waals surface area (Å²) in [5, 5.41) is 1.11. The molecule has 1 aromatic carbocycles. The van der Waals surface area contributed by atoms with E-state index >= 15 is 0 Å². The molecule has 0 spiro atoms. The molecule has 2 rings (SSSR count). The first-order chi connectivity index (χ1) is 9.01. The van der Waals surface area contributed by atoms with Gasteiger partial charge in [0.25, 0.3) is 0 Å². The minimum absolute atomic E-state index is 0.00849. The molecule has 7 heteroatoms. The van der Waals surface area contributed by atoms with Gasteiger partial charge in [-0.15, -0.1) is 11.3 Å². The highest BCUT2D eigenvalue weighted by Crippen LogP contribution is 2.36. The average Bonchev–Trinajstić information content (AvgIpc) is 2.70. The van der Waals surface area contributed by atoms with Crippen molar-refractivity contribution in [1.82, 2.24) is 5.43 Å². The van der Waals surface area contributed by atoms with Crippen LogP contribution in [0, 0.1) is 0 Å². The number of hydrogen-bond donors (Lipinski definition) is 2. The van der Waals surface area contributed by atoms with Gasteiger partial charge in [-0.1, -0.05) is 29.3 Å². The van der Waals surface area contributed by atoms with E-state index in [0.29, 0.717) is 10.0 Å². The van der Waals surface area contributed by atoms with Gasteiger partial charge in [-0.3, -0.25) is 11.3 Å². The molecule has 1 heterocycles. The fourth-order valence-corrected chi connectivity index (χ4v) is 5.05. The highest BCUT2D eigenvalue weighted by molar-refractivity contribution is 9.12. The van der Waals surface area contributed by atoms with Crippen molar-refractivity contribution in [3.63, 3.8) is 0 Å². The Morgan fingerprint density at radius 2 is 1.95 bits per heavy atom. The number of hydrazine groups is 1. The quantitative estimate of drug-likeness (QED) is 0.494. The zero-order valence-electron chi connectivity index (χ0n) is 9.59. The first-order valence-corrected chi connectivity index (χ1v) is 8.52. The number of rotatable bonds is 4. The van der Waals surface area contributed by atoms with Gasteiger partial charge in [-0.05, 0) is 67.6 Å². The lowest BCUT2D eigenvalue weighted by molar-refractivity contribution is 0.552. The average molecular weight is 445 g/mol. The lowest BCUT2D eigenvalue weighted by atomic mass is 10.0. The van der Waals surface area contributed by atoms with E-state index in [2.05, 4.69) is 43.4 Å². The molecule has 0 radical (unpaired) electrons. The number of halogens is 4. The maximum absolute atomic E-state index is 6.02. The lowest BCUT2D eigenvalue weighted by Gasteiger charge is -2.16. The SMILES string of the molecule is NNC(Cc1ccc(Cl)c(Cl)c1)c1cc(Br)sc1Br. The summed E-state index contributed by atoms with van der Waals surface area (Å²) in [7, 11) is 0. The largest absolute Gasteiger partial charge is 0.271 e. The number of hydrogen-bond acceptors (Lipinski definition) is 3. The third-order valence-electron chi connectivity index (χ3n) is 2.68. The van der Waals surface area contributed by atoms with Gasteiger partial charge in [0.1, 0.15) is 0 Å². The van der Waals surface area contributed by atoms with Crippen LogP contribution < -0.4 is 11.3 Å². The number of thiophene rings is 1. The normalized spacial score (nSPS) is 12.7. The highest BCUT2D eigenvalue weighted by Gasteiger charge is 2.17. The van der Waals surface area contributed by atoms with Crippen molar-refractivity contribution in [2.24, 2.45) is 5.84 Å². The van der Waals surface area contributed by atoms with Crippen LogP contribution in [-0.2, 0) is 6.42 Å². The van der Waals surface area contributed by atoms with Gasteiger partial charge in [0.15, 0.2) is 0 Å². The minimum atomic E-state index is 0.00849. The third kappa shape index (κ3) is 3.94. The van der Waals surface area contributed by atoms with Crippen LogP contribution in [0.25, 0.3) is 0 Å². The van der Waals surface area contributed by atoms with Crippen molar-refractivity contribution < 1.29 is 0 Å². The second-order valence-corrected chi connectivity index (χ2v) is 8.52. The Balaban J connectivity index is 2.23. The Morgan fingerprint density at radius 1 is 1.21 bits per heavy atom. The molecule has 102 valence electrons.